The predicted molar refractivity (Wildman–Crippen MR) is 75.5 cm³/mol. The number of carbonyl (C=O) groups is 2. The number of rotatable bonds is 5. The zero-order valence-corrected chi connectivity index (χ0v) is 12.0. The monoisotopic (exact) mass is 308 g/mol. The number of aryl methyl sites for hydroxylation is 1. The van der Waals surface area contributed by atoms with Crippen LogP contribution in [0, 0.1) is 6.92 Å². The first-order chi connectivity index (χ1) is 9.97. The maximum atomic E-state index is 11.9. The van der Waals surface area contributed by atoms with Crippen LogP contribution in [0.2, 0.25) is 5.02 Å². The average Bonchev–Trinajstić information content (AvgIpc) is 2.87. The number of hydrogen-bond acceptors (Lipinski definition) is 4. The summed E-state index contributed by atoms with van der Waals surface area (Å²) in [5, 5.41) is 18.9. The van der Waals surface area contributed by atoms with E-state index in [1.165, 1.54) is 10.9 Å². The van der Waals surface area contributed by atoms with Crippen molar-refractivity contribution in [1.82, 2.24) is 20.3 Å². The normalized spacial score (nSPS) is 10.4. The third-order valence-electron chi connectivity index (χ3n) is 2.75. The van der Waals surface area contributed by atoms with Gasteiger partial charge in [0.2, 0.25) is 0 Å². The van der Waals surface area contributed by atoms with Crippen molar-refractivity contribution >= 4 is 23.5 Å². The van der Waals surface area contributed by atoms with Crippen LogP contribution >= 0.6 is 11.6 Å². The van der Waals surface area contributed by atoms with E-state index in [-0.39, 0.29) is 18.1 Å². The molecule has 21 heavy (non-hydrogen) atoms. The Morgan fingerprint density at radius 1 is 1.43 bits per heavy atom. The van der Waals surface area contributed by atoms with Crippen molar-refractivity contribution in [2.24, 2.45) is 0 Å². The van der Waals surface area contributed by atoms with Crippen LogP contribution in [0.5, 0.6) is 0 Å². The van der Waals surface area contributed by atoms with E-state index in [4.69, 9.17) is 16.7 Å². The highest BCUT2D eigenvalue weighted by Gasteiger charge is 2.11. The molecule has 0 aliphatic heterocycles. The highest BCUT2D eigenvalue weighted by molar-refractivity contribution is 6.33. The van der Waals surface area contributed by atoms with E-state index in [9.17, 15) is 9.59 Å². The summed E-state index contributed by atoms with van der Waals surface area (Å²) in [5.41, 5.74) is 1.23. The molecule has 0 saturated carbocycles. The molecule has 2 rings (SSSR count). The minimum absolute atomic E-state index is 0.136. The number of carboxylic acid groups (broad SMARTS) is 1. The van der Waals surface area contributed by atoms with Crippen LogP contribution in [-0.2, 0) is 6.54 Å². The fraction of sp³-hybridized carbons (Fsp3) is 0.231. The van der Waals surface area contributed by atoms with Gasteiger partial charge in [0.1, 0.15) is 0 Å². The van der Waals surface area contributed by atoms with Crippen molar-refractivity contribution in [3.8, 4) is 0 Å². The summed E-state index contributed by atoms with van der Waals surface area (Å²) in [6.07, 6.45) is 1.30. The Morgan fingerprint density at radius 3 is 2.81 bits per heavy atom. The molecule has 0 unspecified atom stereocenters. The second-order valence-electron chi connectivity index (χ2n) is 4.41. The fourth-order valence-electron chi connectivity index (χ4n) is 1.69. The molecule has 0 aliphatic carbocycles. The van der Waals surface area contributed by atoms with E-state index in [0.29, 0.717) is 17.1 Å². The number of aromatic nitrogens is 3. The van der Waals surface area contributed by atoms with Crippen LogP contribution in [0.1, 0.15) is 26.4 Å². The Balaban J connectivity index is 1.90. The van der Waals surface area contributed by atoms with Gasteiger partial charge < -0.3 is 10.4 Å². The van der Waals surface area contributed by atoms with Gasteiger partial charge in [-0.1, -0.05) is 22.9 Å². The highest BCUT2D eigenvalue weighted by Crippen LogP contribution is 2.17. The Hall–Kier alpha value is -2.41. The summed E-state index contributed by atoms with van der Waals surface area (Å²) < 4.78 is 1.35. The quantitative estimate of drug-likeness (QED) is 0.869. The van der Waals surface area contributed by atoms with Gasteiger partial charge in [0, 0.05) is 6.54 Å². The number of halogens is 1. The maximum Gasteiger partial charge on any atom is 0.358 e. The molecule has 7 nitrogen and oxygen atoms in total. The molecule has 0 aliphatic rings. The van der Waals surface area contributed by atoms with Gasteiger partial charge in [-0.2, -0.15) is 0 Å². The molecule has 0 spiro atoms. The van der Waals surface area contributed by atoms with Crippen LogP contribution in [0.25, 0.3) is 0 Å². The van der Waals surface area contributed by atoms with Crippen LogP contribution in [0.15, 0.2) is 24.4 Å². The maximum absolute atomic E-state index is 11.9. The zero-order chi connectivity index (χ0) is 15.4. The van der Waals surface area contributed by atoms with E-state index in [0.717, 1.165) is 5.56 Å². The number of amides is 1. The standard InChI is InChI=1S/C13H13ClN4O3/c1-8-2-3-9(10(14)6-8)12(19)15-4-5-18-7-11(13(20)21)16-17-18/h2-3,6-7H,4-5H2,1H3,(H,15,19)(H,20,21). The van der Waals surface area contributed by atoms with Crippen LogP contribution in [0.4, 0.5) is 0 Å². The third kappa shape index (κ3) is 3.79. The van der Waals surface area contributed by atoms with Gasteiger partial charge in [-0.25, -0.2) is 9.48 Å². The van der Waals surface area contributed by atoms with Gasteiger partial charge in [0.15, 0.2) is 5.69 Å². The first-order valence-electron chi connectivity index (χ1n) is 6.15. The Labute approximate surface area is 125 Å². The number of hydrogen-bond donors (Lipinski definition) is 2. The van der Waals surface area contributed by atoms with Crippen molar-refractivity contribution in [1.29, 1.82) is 0 Å². The molecular formula is C13H13ClN4O3. The SMILES string of the molecule is Cc1ccc(C(=O)NCCn2cc(C(=O)O)nn2)c(Cl)c1. The molecule has 1 aromatic heterocycles. The molecule has 1 amide bonds. The van der Waals surface area contributed by atoms with E-state index in [1.54, 1.807) is 18.2 Å². The smallest absolute Gasteiger partial charge is 0.358 e. The first kappa shape index (κ1) is 15.0. The average molecular weight is 309 g/mol. The van der Waals surface area contributed by atoms with Gasteiger partial charge >= 0.3 is 5.97 Å². The lowest BCUT2D eigenvalue weighted by molar-refractivity contribution is 0.0690. The van der Waals surface area contributed by atoms with E-state index in [1.807, 2.05) is 6.92 Å². The van der Waals surface area contributed by atoms with Gasteiger partial charge in [0.05, 0.1) is 23.3 Å². The lowest BCUT2D eigenvalue weighted by Gasteiger charge is -2.07. The van der Waals surface area contributed by atoms with Crippen LogP contribution in [-0.4, -0.2) is 38.5 Å². The number of benzene rings is 1. The topological polar surface area (TPSA) is 97.1 Å². The lowest BCUT2D eigenvalue weighted by Crippen LogP contribution is -2.27. The summed E-state index contributed by atoms with van der Waals surface area (Å²) in [5.74, 6) is -1.43. The van der Waals surface area contributed by atoms with Gasteiger partial charge in [-0.3, -0.25) is 4.79 Å². The van der Waals surface area contributed by atoms with Gasteiger partial charge in [-0.05, 0) is 24.6 Å². The molecule has 0 saturated heterocycles. The Morgan fingerprint density at radius 2 is 2.19 bits per heavy atom. The molecule has 2 aromatic rings. The molecule has 0 bridgehead atoms. The summed E-state index contributed by atoms with van der Waals surface area (Å²) in [7, 11) is 0. The second-order valence-corrected chi connectivity index (χ2v) is 4.82. The molecule has 110 valence electrons. The van der Waals surface area contributed by atoms with Crippen molar-refractivity contribution in [2.45, 2.75) is 13.5 Å². The van der Waals surface area contributed by atoms with Gasteiger partial charge in [-0.15, -0.1) is 5.10 Å². The first-order valence-corrected chi connectivity index (χ1v) is 6.53. The van der Waals surface area contributed by atoms with Crippen molar-refractivity contribution in [3.63, 3.8) is 0 Å². The largest absolute Gasteiger partial charge is 0.476 e. The van der Waals surface area contributed by atoms with Crippen molar-refractivity contribution in [3.05, 3.63) is 46.2 Å². The lowest BCUT2D eigenvalue weighted by atomic mass is 10.1. The number of nitrogens with zero attached hydrogens (tertiary/aromatic N) is 3. The summed E-state index contributed by atoms with van der Waals surface area (Å²) in [6, 6.07) is 5.18. The van der Waals surface area contributed by atoms with Gasteiger partial charge in [0.25, 0.3) is 5.91 Å². The second kappa shape index (κ2) is 6.36. The predicted octanol–water partition coefficient (Wildman–Crippen LogP) is 1.37. The van der Waals surface area contributed by atoms with E-state index < -0.39 is 5.97 Å². The Bertz CT molecular complexity index is 684. The summed E-state index contributed by atoms with van der Waals surface area (Å²) in [4.78, 5) is 22.6. The highest BCUT2D eigenvalue weighted by atomic mass is 35.5. The van der Waals surface area contributed by atoms with Crippen molar-refractivity contribution < 1.29 is 14.7 Å². The minimum atomic E-state index is -1.14. The molecule has 1 aromatic carbocycles. The Kier molecular flexibility index (Phi) is 4.54. The minimum Gasteiger partial charge on any atom is -0.476 e. The van der Waals surface area contributed by atoms with E-state index >= 15 is 0 Å². The number of carboxylic acids is 1. The summed E-state index contributed by atoms with van der Waals surface area (Å²) in [6.45, 7) is 2.49. The zero-order valence-electron chi connectivity index (χ0n) is 11.2. The molecule has 0 atom stereocenters. The number of aromatic carboxylic acids is 1. The van der Waals surface area contributed by atoms with Crippen LogP contribution < -0.4 is 5.32 Å². The molecule has 2 N–H and O–H groups in total. The number of nitrogens with one attached hydrogen (secondary N) is 1. The summed E-state index contributed by atoms with van der Waals surface area (Å²) >= 11 is 6.00. The fourth-order valence-corrected chi connectivity index (χ4v) is 2.01. The molecule has 0 fully saturated rings. The number of carbonyl (C=O) groups excluding carboxylic acids is 1. The van der Waals surface area contributed by atoms with E-state index in [2.05, 4.69) is 15.6 Å². The molecular weight excluding hydrogens is 296 g/mol. The van der Waals surface area contributed by atoms with Crippen molar-refractivity contribution in [2.75, 3.05) is 6.54 Å². The molecule has 8 heteroatoms. The molecule has 1 heterocycles. The molecule has 0 radical (unpaired) electrons. The third-order valence-corrected chi connectivity index (χ3v) is 3.07. The van der Waals surface area contributed by atoms with Crippen LogP contribution in [0.3, 0.4) is 0 Å².